The molecule has 0 aliphatic carbocycles. The Morgan fingerprint density at radius 2 is 1.87 bits per heavy atom. The molecule has 1 heterocycles. The zero-order chi connectivity index (χ0) is 16.8. The van der Waals surface area contributed by atoms with Crippen LogP contribution in [0, 0.1) is 0 Å². The fourth-order valence-electron chi connectivity index (χ4n) is 1.84. The van der Waals surface area contributed by atoms with E-state index in [1.54, 1.807) is 24.3 Å². The lowest BCUT2D eigenvalue weighted by atomic mass is 10.1. The predicted molar refractivity (Wildman–Crippen MR) is 91.1 cm³/mol. The normalized spacial score (nSPS) is 10.9. The second kappa shape index (κ2) is 7.47. The number of amides is 1. The van der Waals surface area contributed by atoms with Gasteiger partial charge in [-0.2, -0.15) is 0 Å². The van der Waals surface area contributed by atoms with Crippen LogP contribution >= 0.6 is 11.3 Å². The lowest BCUT2D eigenvalue weighted by Gasteiger charge is -2.05. The first-order valence-corrected chi connectivity index (χ1v) is 7.51. The van der Waals surface area contributed by atoms with E-state index in [9.17, 15) is 14.0 Å². The Hall–Kier alpha value is -2.79. The number of halogens is 1. The summed E-state index contributed by atoms with van der Waals surface area (Å²) in [7, 11) is 0. The lowest BCUT2D eigenvalue weighted by Crippen LogP contribution is -2.21. The monoisotopic (exact) mass is 327 g/mol. The topological polar surface area (TPSA) is 46.2 Å². The minimum Gasteiger partial charge on any atom is -0.319 e. The van der Waals surface area contributed by atoms with E-state index in [4.69, 9.17) is 0 Å². The first-order chi connectivity index (χ1) is 11.0. The Morgan fingerprint density at radius 3 is 2.43 bits per heavy atom. The number of rotatable bonds is 6. The van der Waals surface area contributed by atoms with Crippen LogP contribution in [0.4, 0.5) is 4.39 Å². The molecule has 0 saturated heterocycles. The molecule has 0 unspecified atom stereocenters. The molecule has 0 bridgehead atoms. The molecule has 0 saturated carbocycles. The van der Waals surface area contributed by atoms with Crippen LogP contribution in [0.2, 0.25) is 0 Å². The Bertz CT molecular complexity index is 788. The molecule has 5 heteroatoms. The van der Waals surface area contributed by atoms with E-state index >= 15 is 0 Å². The summed E-state index contributed by atoms with van der Waals surface area (Å²) in [5.41, 5.74) is 1.47. The quantitative estimate of drug-likeness (QED) is 0.627. The third kappa shape index (κ3) is 4.11. The zero-order valence-electron chi connectivity index (χ0n) is 12.2. The third-order valence-electron chi connectivity index (χ3n) is 2.99. The van der Waals surface area contributed by atoms with E-state index in [0.717, 1.165) is 16.7 Å². The number of thiophene rings is 1. The van der Waals surface area contributed by atoms with Gasteiger partial charge < -0.3 is 5.32 Å². The number of nitrogens with one attached hydrogen (secondary N) is 1. The van der Waals surface area contributed by atoms with Crippen molar-refractivity contribution in [1.82, 2.24) is 5.32 Å². The van der Waals surface area contributed by atoms with E-state index in [-0.39, 0.29) is 5.70 Å². The molecule has 0 spiro atoms. The van der Waals surface area contributed by atoms with Crippen LogP contribution in [0.25, 0.3) is 10.4 Å². The molecule has 2 aromatic rings. The summed E-state index contributed by atoms with van der Waals surface area (Å²) >= 11 is 1.27. The molecule has 0 atom stereocenters. The average Bonchev–Trinajstić information content (AvgIpc) is 3.04. The number of benzene rings is 1. The van der Waals surface area contributed by atoms with Crippen molar-refractivity contribution in [2.75, 3.05) is 0 Å². The van der Waals surface area contributed by atoms with E-state index in [2.05, 4.69) is 18.5 Å². The number of carbonyl (C=O) groups excluding carboxylic acids is 2. The highest BCUT2D eigenvalue weighted by atomic mass is 32.1. The molecule has 116 valence electrons. The zero-order valence-corrected chi connectivity index (χ0v) is 13.0. The summed E-state index contributed by atoms with van der Waals surface area (Å²) < 4.78 is 13.2. The summed E-state index contributed by atoms with van der Waals surface area (Å²) in [5, 5.41) is 2.46. The molecule has 1 aromatic heterocycles. The molecule has 1 N–H and O–H groups in total. The molecular formula is C18H14FNO2S. The molecule has 0 fully saturated rings. The van der Waals surface area contributed by atoms with Crippen molar-refractivity contribution in [2.24, 2.45) is 0 Å². The summed E-state index contributed by atoms with van der Waals surface area (Å²) in [4.78, 5) is 24.1. The average molecular weight is 327 g/mol. The minimum atomic E-state index is -0.737. The number of hydrogen-bond donors (Lipinski definition) is 1. The van der Waals surface area contributed by atoms with Gasteiger partial charge in [0.1, 0.15) is 12.1 Å². The first-order valence-electron chi connectivity index (χ1n) is 6.69. The van der Waals surface area contributed by atoms with Crippen molar-refractivity contribution in [3.05, 3.63) is 83.7 Å². The maximum Gasteiger partial charge on any atom is 0.265 e. The fraction of sp³-hybridized carbons (Fsp3) is 0. The van der Waals surface area contributed by atoms with Crippen molar-refractivity contribution in [2.45, 2.75) is 0 Å². The van der Waals surface area contributed by atoms with E-state index in [0.29, 0.717) is 10.4 Å². The third-order valence-corrected chi connectivity index (χ3v) is 4.12. The highest BCUT2D eigenvalue weighted by Crippen LogP contribution is 2.28. The Kier molecular flexibility index (Phi) is 5.38. The molecule has 1 amide bonds. The van der Waals surface area contributed by atoms with Gasteiger partial charge in [-0.3, -0.25) is 9.59 Å². The smallest absolute Gasteiger partial charge is 0.265 e. The van der Waals surface area contributed by atoms with E-state index in [1.165, 1.54) is 23.5 Å². The second-order valence-corrected chi connectivity index (χ2v) is 5.66. The summed E-state index contributed by atoms with van der Waals surface area (Å²) in [6.07, 6.45) is 3.48. The van der Waals surface area contributed by atoms with Gasteiger partial charge >= 0.3 is 0 Å². The SMILES string of the molecule is C=C/C=C(/NC(=O)c1ccc(-c2ccc(C=O)cc2)s1)C(=C)F. The number of carbonyl (C=O) groups is 2. The summed E-state index contributed by atoms with van der Waals surface area (Å²) in [5.74, 6) is -1.16. The molecule has 0 radical (unpaired) electrons. The van der Waals surface area contributed by atoms with Gasteiger partial charge in [0.25, 0.3) is 5.91 Å². The lowest BCUT2D eigenvalue weighted by molar-refractivity contribution is 0.0969. The highest BCUT2D eigenvalue weighted by molar-refractivity contribution is 7.17. The van der Waals surface area contributed by atoms with Crippen molar-refractivity contribution in [3.8, 4) is 10.4 Å². The van der Waals surface area contributed by atoms with Crippen LogP contribution in [0.3, 0.4) is 0 Å². The van der Waals surface area contributed by atoms with Crippen molar-refractivity contribution in [1.29, 1.82) is 0 Å². The molecular weight excluding hydrogens is 313 g/mol. The van der Waals surface area contributed by atoms with Gasteiger partial charge in [0.15, 0.2) is 0 Å². The van der Waals surface area contributed by atoms with Crippen LogP contribution < -0.4 is 5.32 Å². The summed E-state index contributed by atoms with van der Waals surface area (Å²) in [6, 6.07) is 10.5. The Morgan fingerprint density at radius 1 is 1.17 bits per heavy atom. The van der Waals surface area contributed by atoms with Crippen LogP contribution in [0.1, 0.15) is 20.0 Å². The maximum absolute atomic E-state index is 13.2. The predicted octanol–water partition coefficient (Wildman–Crippen LogP) is 4.51. The Labute approximate surface area is 137 Å². The second-order valence-electron chi connectivity index (χ2n) is 4.58. The minimum absolute atomic E-state index is 0.0183. The van der Waals surface area contributed by atoms with E-state index in [1.807, 2.05) is 12.1 Å². The fourth-order valence-corrected chi connectivity index (χ4v) is 2.75. The molecule has 2 rings (SSSR count). The van der Waals surface area contributed by atoms with Gasteiger partial charge in [0.05, 0.1) is 10.6 Å². The van der Waals surface area contributed by atoms with Crippen molar-refractivity contribution >= 4 is 23.5 Å². The summed E-state index contributed by atoms with van der Waals surface area (Å²) in [6.45, 7) is 6.63. The number of allylic oxidation sites excluding steroid dienone is 3. The van der Waals surface area contributed by atoms with Gasteiger partial charge in [0.2, 0.25) is 0 Å². The highest BCUT2D eigenvalue weighted by Gasteiger charge is 2.13. The van der Waals surface area contributed by atoms with Crippen LogP contribution in [-0.2, 0) is 0 Å². The van der Waals surface area contributed by atoms with Crippen LogP contribution in [0.15, 0.2) is 73.2 Å². The van der Waals surface area contributed by atoms with Crippen LogP contribution in [-0.4, -0.2) is 12.2 Å². The molecule has 0 aliphatic rings. The molecule has 1 aromatic carbocycles. The standard InChI is InChI=1S/C18H14FNO2S/c1-3-4-15(12(2)19)20-18(22)17-10-9-16(23-17)14-7-5-13(11-21)6-8-14/h3-11H,1-2H2,(H,20,22)/b15-4+. The first kappa shape index (κ1) is 16.6. The van der Waals surface area contributed by atoms with Crippen molar-refractivity contribution in [3.63, 3.8) is 0 Å². The molecule has 23 heavy (non-hydrogen) atoms. The van der Waals surface area contributed by atoms with Gasteiger partial charge in [-0.05, 0) is 23.8 Å². The van der Waals surface area contributed by atoms with Gasteiger partial charge in [0, 0.05) is 10.4 Å². The number of hydrogen-bond acceptors (Lipinski definition) is 3. The van der Waals surface area contributed by atoms with E-state index < -0.39 is 11.7 Å². The maximum atomic E-state index is 13.2. The molecule has 3 nitrogen and oxygen atoms in total. The Balaban J connectivity index is 2.19. The number of aldehydes is 1. The largest absolute Gasteiger partial charge is 0.319 e. The van der Waals surface area contributed by atoms with Gasteiger partial charge in [-0.25, -0.2) is 4.39 Å². The van der Waals surface area contributed by atoms with Gasteiger partial charge in [-0.15, -0.1) is 11.3 Å². The van der Waals surface area contributed by atoms with Gasteiger partial charge in [-0.1, -0.05) is 43.5 Å². The molecule has 0 aliphatic heterocycles. The van der Waals surface area contributed by atoms with Crippen molar-refractivity contribution < 1.29 is 14.0 Å². The van der Waals surface area contributed by atoms with Crippen LogP contribution in [0.5, 0.6) is 0 Å².